The van der Waals surface area contributed by atoms with Gasteiger partial charge < -0.3 is 9.73 Å². The monoisotopic (exact) mass is 381 g/mol. The Labute approximate surface area is 158 Å². The molecule has 0 saturated heterocycles. The lowest BCUT2D eigenvalue weighted by atomic mass is 10.2. The minimum Gasteiger partial charge on any atom is -0.459 e. The van der Waals surface area contributed by atoms with Gasteiger partial charge in [-0.15, -0.1) is 0 Å². The van der Waals surface area contributed by atoms with E-state index in [1.165, 1.54) is 34.1 Å². The molecule has 3 aromatic heterocycles. The van der Waals surface area contributed by atoms with E-state index in [2.05, 4.69) is 15.4 Å². The summed E-state index contributed by atoms with van der Waals surface area (Å²) >= 11 is 0. The maximum Gasteiger partial charge on any atom is 0.287 e. The number of carbonyl (C=O) groups excluding carboxylic acids is 1. The topological polar surface area (TPSA) is 95.0 Å². The Morgan fingerprint density at radius 3 is 2.86 bits per heavy atom. The molecule has 0 fully saturated rings. The summed E-state index contributed by atoms with van der Waals surface area (Å²) in [5.41, 5.74) is 0.500. The van der Waals surface area contributed by atoms with Crippen LogP contribution in [0.15, 0.2) is 64.4 Å². The van der Waals surface area contributed by atoms with Crippen LogP contribution in [0, 0.1) is 5.82 Å². The number of halogens is 1. The standard InChI is InChI=1S/C19H16FN5O3/c20-15-5-2-1-4-13(15)11-24-12-22-17-14(19(24)27)10-23-25(17)8-7-21-18(26)16-6-3-9-28-16/h1-6,9-10,12H,7-8,11H2,(H,21,26). The van der Waals surface area contributed by atoms with Crippen LogP contribution in [0.1, 0.15) is 16.1 Å². The first-order valence-corrected chi connectivity index (χ1v) is 8.59. The van der Waals surface area contributed by atoms with E-state index in [4.69, 9.17) is 4.42 Å². The van der Waals surface area contributed by atoms with Gasteiger partial charge >= 0.3 is 0 Å². The summed E-state index contributed by atoms with van der Waals surface area (Å²) < 4.78 is 21.7. The van der Waals surface area contributed by atoms with Crippen LogP contribution < -0.4 is 10.9 Å². The van der Waals surface area contributed by atoms with Crippen LogP contribution in [0.5, 0.6) is 0 Å². The maximum atomic E-state index is 13.8. The maximum absolute atomic E-state index is 13.8. The van der Waals surface area contributed by atoms with Crippen molar-refractivity contribution in [2.45, 2.75) is 13.1 Å². The average Bonchev–Trinajstić information content (AvgIpc) is 3.36. The predicted molar refractivity (Wildman–Crippen MR) is 98.3 cm³/mol. The van der Waals surface area contributed by atoms with E-state index in [-0.39, 0.29) is 36.1 Å². The molecular formula is C19H16FN5O3. The Morgan fingerprint density at radius 2 is 2.07 bits per heavy atom. The lowest BCUT2D eigenvalue weighted by Crippen LogP contribution is -2.27. The molecule has 4 aromatic rings. The van der Waals surface area contributed by atoms with Gasteiger partial charge in [0.2, 0.25) is 0 Å². The number of benzene rings is 1. The van der Waals surface area contributed by atoms with Crippen molar-refractivity contribution in [3.8, 4) is 0 Å². The molecule has 0 atom stereocenters. The minimum atomic E-state index is -0.377. The summed E-state index contributed by atoms with van der Waals surface area (Å²) in [5.74, 6) is -0.487. The number of rotatable bonds is 6. The van der Waals surface area contributed by atoms with Crippen molar-refractivity contribution < 1.29 is 13.6 Å². The lowest BCUT2D eigenvalue weighted by Gasteiger charge is -2.07. The molecule has 28 heavy (non-hydrogen) atoms. The fourth-order valence-electron chi connectivity index (χ4n) is 2.85. The highest BCUT2D eigenvalue weighted by atomic mass is 19.1. The van der Waals surface area contributed by atoms with E-state index >= 15 is 0 Å². The molecule has 0 saturated carbocycles. The lowest BCUT2D eigenvalue weighted by molar-refractivity contribution is 0.0924. The summed E-state index contributed by atoms with van der Waals surface area (Å²) in [5, 5.41) is 7.21. The van der Waals surface area contributed by atoms with Crippen molar-refractivity contribution in [1.29, 1.82) is 0 Å². The molecule has 0 radical (unpaired) electrons. The molecule has 3 heterocycles. The summed E-state index contributed by atoms with van der Waals surface area (Å²) in [6, 6.07) is 9.48. The second-order valence-corrected chi connectivity index (χ2v) is 6.11. The number of aromatic nitrogens is 4. The molecule has 1 amide bonds. The molecule has 142 valence electrons. The van der Waals surface area contributed by atoms with Crippen molar-refractivity contribution in [2.75, 3.05) is 6.54 Å². The Kier molecular flexibility index (Phi) is 4.71. The van der Waals surface area contributed by atoms with Crippen LogP contribution in [0.3, 0.4) is 0 Å². The highest BCUT2D eigenvalue weighted by Crippen LogP contribution is 2.10. The van der Waals surface area contributed by atoms with Gasteiger partial charge in [-0.3, -0.25) is 14.2 Å². The molecule has 1 N–H and O–H groups in total. The van der Waals surface area contributed by atoms with Crippen molar-refractivity contribution >= 4 is 16.9 Å². The van der Waals surface area contributed by atoms with Crippen molar-refractivity contribution in [3.63, 3.8) is 0 Å². The van der Waals surface area contributed by atoms with Gasteiger partial charge in [-0.05, 0) is 18.2 Å². The predicted octanol–water partition coefficient (Wildman–Crippen LogP) is 1.80. The number of furan rings is 1. The van der Waals surface area contributed by atoms with E-state index < -0.39 is 0 Å². The van der Waals surface area contributed by atoms with E-state index in [1.54, 1.807) is 30.3 Å². The first kappa shape index (κ1) is 17.7. The van der Waals surface area contributed by atoms with Gasteiger partial charge in [-0.2, -0.15) is 5.10 Å². The molecule has 1 aromatic carbocycles. The van der Waals surface area contributed by atoms with Crippen molar-refractivity contribution in [1.82, 2.24) is 24.6 Å². The molecule has 0 aliphatic carbocycles. The third-order valence-electron chi connectivity index (χ3n) is 4.27. The molecular weight excluding hydrogens is 365 g/mol. The number of nitrogens with zero attached hydrogens (tertiary/aromatic N) is 4. The Bertz CT molecular complexity index is 1180. The van der Waals surface area contributed by atoms with Crippen molar-refractivity contribution in [3.05, 3.63) is 82.7 Å². The molecule has 8 nitrogen and oxygen atoms in total. The fourth-order valence-corrected chi connectivity index (χ4v) is 2.85. The van der Waals surface area contributed by atoms with Gasteiger partial charge in [0, 0.05) is 12.1 Å². The summed E-state index contributed by atoms with van der Waals surface area (Å²) in [4.78, 5) is 28.8. The average molecular weight is 381 g/mol. The number of nitrogens with one attached hydrogen (secondary N) is 1. The smallest absolute Gasteiger partial charge is 0.287 e. The number of hydrogen-bond donors (Lipinski definition) is 1. The third-order valence-corrected chi connectivity index (χ3v) is 4.27. The summed E-state index contributed by atoms with van der Waals surface area (Å²) in [7, 11) is 0. The van der Waals surface area contributed by atoms with Gasteiger partial charge in [-0.25, -0.2) is 14.1 Å². The zero-order valence-electron chi connectivity index (χ0n) is 14.7. The van der Waals surface area contributed by atoms with Crippen LogP contribution >= 0.6 is 0 Å². The van der Waals surface area contributed by atoms with Gasteiger partial charge in [0.05, 0.1) is 25.5 Å². The Balaban J connectivity index is 1.49. The second-order valence-electron chi connectivity index (χ2n) is 6.11. The van der Waals surface area contributed by atoms with Gasteiger partial charge in [0.15, 0.2) is 11.4 Å². The molecule has 0 aliphatic rings. The SMILES string of the molecule is O=C(NCCn1ncc2c(=O)n(Cc3ccccc3F)cnc21)c1ccco1. The van der Waals surface area contributed by atoms with E-state index in [0.29, 0.717) is 23.1 Å². The largest absolute Gasteiger partial charge is 0.459 e. The number of hydrogen-bond acceptors (Lipinski definition) is 5. The second kappa shape index (κ2) is 7.47. The van der Waals surface area contributed by atoms with Crippen LogP contribution in [-0.2, 0) is 13.1 Å². The van der Waals surface area contributed by atoms with Crippen LogP contribution in [-0.4, -0.2) is 31.8 Å². The molecule has 0 aliphatic heterocycles. The normalized spacial score (nSPS) is 11.0. The summed E-state index contributed by atoms with van der Waals surface area (Å²) in [6.45, 7) is 0.703. The molecule has 0 spiro atoms. The molecule has 0 unspecified atom stereocenters. The van der Waals surface area contributed by atoms with Crippen LogP contribution in [0.4, 0.5) is 4.39 Å². The van der Waals surface area contributed by atoms with Gasteiger partial charge in [0.1, 0.15) is 17.5 Å². The highest BCUT2D eigenvalue weighted by Gasteiger charge is 2.12. The number of fused-ring (bicyclic) bond motifs is 1. The Morgan fingerprint density at radius 1 is 1.21 bits per heavy atom. The van der Waals surface area contributed by atoms with E-state index in [1.807, 2.05) is 0 Å². The minimum absolute atomic E-state index is 0.0822. The number of amides is 1. The molecule has 9 heteroatoms. The first-order chi connectivity index (χ1) is 13.6. The number of carbonyl (C=O) groups is 1. The van der Waals surface area contributed by atoms with Gasteiger partial charge in [-0.1, -0.05) is 18.2 Å². The summed E-state index contributed by atoms with van der Waals surface area (Å²) in [6.07, 6.45) is 4.22. The zero-order valence-corrected chi connectivity index (χ0v) is 14.7. The van der Waals surface area contributed by atoms with Crippen molar-refractivity contribution in [2.24, 2.45) is 0 Å². The Hall–Kier alpha value is -3.75. The van der Waals surface area contributed by atoms with Crippen LogP contribution in [0.2, 0.25) is 0 Å². The van der Waals surface area contributed by atoms with E-state index in [9.17, 15) is 14.0 Å². The van der Waals surface area contributed by atoms with Gasteiger partial charge in [0.25, 0.3) is 11.5 Å². The molecule has 4 rings (SSSR count). The quantitative estimate of drug-likeness (QED) is 0.550. The molecule has 0 bridgehead atoms. The fraction of sp³-hybridized carbons (Fsp3) is 0.158. The zero-order chi connectivity index (χ0) is 19.5. The van der Waals surface area contributed by atoms with Crippen LogP contribution in [0.25, 0.3) is 11.0 Å². The van der Waals surface area contributed by atoms with E-state index in [0.717, 1.165) is 0 Å². The third kappa shape index (κ3) is 3.41. The highest BCUT2D eigenvalue weighted by molar-refractivity contribution is 5.91. The first-order valence-electron chi connectivity index (χ1n) is 8.59.